The molecule has 4 heteroatoms. The quantitative estimate of drug-likeness (QED) is 0.598. The van der Waals surface area contributed by atoms with E-state index in [0.717, 1.165) is 31.5 Å². The van der Waals surface area contributed by atoms with Crippen LogP contribution in [0.25, 0.3) is 0 Å². The summed E-state index contributed by atoms with van der Waals surface area (Å²) in [7, 11) is 1.81. The van der Waals surface area contributed by atoms with Crippen LogP contribution in [0.4, 0.5) is 8.78 Å². The summed E-state index contributed by atoms with van der Waals surface area (Å²) in [5.74, 6) is -1.41. The summed E-state index contributed by atoms with van der Waals surface area (Å²) in [4.78, 5) is 1.85. The maximum Gasteiger partial charge on any atom is 0.131 e. The molecule has 0 aliphatic rings. The molecule has 1 N–H and O–H groups in total. The first kappa shape index (κ1) is 14.8. The second kappa shape index (κ2) is 7.24. The fourth-order valence-electron chi connectivity index (χ4n) is 1.81. The van der Waals surface area contributed by atoms with Crippen LogP contribution in [0.15, 0.2) is 30.9 Å². The molecule has 0 amide bonds. The fourth-order valence-corrected chi connectivity index (χ4v) is 1.81. The van der Waals surface area contributed by atoms with Crippen molar-refractivity contribution in [2.45, 2.75) is 18.9 Å². The summed E-state index contributed by atoms with van der Waals surface area (Å²) in [6.07, 6.45) is 2.46. The van der Waals surface area contributed by atoms with Gasteiger partial charge < -0.3 is 10.0 Å². The summed E-state index contributed by atoms with van der Waals surface area (Å²) < 4.78 is 26.9. The Hall–Kier alpha value is -1.26. The van der Waals surface area contributed by atoms with E-state index in [0.29, 0.717) is 0 Å². The lowest BCUT2D eigenvalue weighted by Gasteiger charge is -2.21. The summed E-state index contributed by atoms with van der Waals surface area (Å²) in [5.41, 5.74) is -0.256. The van der Waals surface area contributed by atoms with E-state index in [1.807, 2.05) is 18.0 Å². The Morgan fingerprint density at radius 1 is 1.39 bits per heavy atom. The Morgan fingerprint density at radius 3 is 2.56 bits per heavy atom. The SMILES string of the molecule is C=CCCCN(C)CC(O)c1c(F)cccc1F. The van der Waals surface area contributed by atoms with Crippen molar-refractivity contribution in [1.82, 2.24) is 4.90 Å². The standard InChI is InChI=1S/C14H19F2NO/c1-3-4-5-9-17(2)10-13(18)14-11(15)7-6-8-12(14)16/h3,6-8,13,18H,1,4-5,9-10H2,2H3. The number of unbranched alkanes of at least 4 members (excludes halogenated alkanes) is 1. The van der Waals surface area contributed by atoms with Crippen LogP contribution in [-0.4, -0.2) is 30.1 Å². The smallest absolute Gasteiger partial charge is 0.131 e. The molecule has 0 spiro atoms. The van der Waals surface area contributed by atoms with Crippen LogP contribution in [0.1, 0.15) is 24.5 Å². The van der Waals surface area contributed by atoms with Gasteiger partial charge in [-0.1, -0.05) is 12.1 Å². The molecular weight excluding hydrogens is 236 g/mol. The lowest BCUT2D eigenvalue weighted by molar-refractivity contribution is 0.119. The molecule has 0 aliphatic heterocycles. The minimum absolute atomic E-state index is 0.203. The van der Waals surface area contributed by atoms with Crippen LogP contribution in [0, 0.1) is 11.6 Å². The number of likely N-dealkylation sites (N-methyl/N-ethyl adjacent to an activating group) is 1. The first-order valence-corrected chi connectivity index (χ1v) is 5.97. The average molecular weight is 255 g/mol. The van der Waals surface area contributed by atoms with Gasteiger partial charge in [0.1, 0.15) is 11.6 Å². The van der Waals surface area contributed by atoms with Crippen molar-refractivity contribution in [3.8, 4) is 0 Å². The lowest BCUT2D eigenvalue weighted by atomic mass is 10.1. The number of rotatable bonds is 7. The lowest BCUT2D eigenvalue weighted by Crippen LogP contribution is -2.26. The third-order valence-corrected chi connectivity index (χ3v) is 2.77. The zero-order chi connectivity index (χ0) is 13.5. The largest absolute Gasteiger partial charge is 0.387 e. The van der Waals surface area contributed by atoms with E-state index in [9.17, 15) is 13.9 Å². The van der Waals surface area contributed by atoms with Crippen molar-refractivity contribution < 1.29 is 13.9 Å². The van der Waals surface area contributed by atoms with Crippen molar-refractivity contribution in [2.24, 2.45) is 0 Å². The number of aliphatic hydroxyl groups excluding tert-OH is 1. The maximum absolute atomic E-state index is 13.4. The Balaban J connectivity index is 2.59. The summed E-state index contributed by atoms with van der Waals surface area (Å²) in [6.45, 7) is 4.57. The van der Waals surface area contributed by atoms with E-state index in [4.69, 9.17) is 0 Å². The molecule has 0 heterocycles. The van der Waals surface area contributed by atoms with Crippen LogP contribution in [0.3, 0.4) is 0 Å². The Morgan fingerprint density at radius 2 is 2.00 bits per heavy atom. The molecule has 0 saturated heterocycles. The van der Waals surface area contributed by atoms with Crippen LogP contribution < -0.4 is 0 Å². The number of hydrogen-bond acceptors (Lipinski definition) is 2. The molecular formula is C14H19F2NO. The van der Waals surface area contributed by atoms with Gasteiger partial charge in [0.2, 0.25) is 0 Å². The molecule has 1 unspecified atom stereocenters. The van der Waals surface area contributed by atoms with Crippen molar-refractivity contribution in [3.63, 3.8) is 0 Å². The van der Waals surface area contributed by atoms with Gasteiger partial charge in [-0.05, 0) is 38.6 Å². The molecule has 1 atom stereocenters. The number of hydrogen-bond donors (Lipinski definition) is 1. The van der Waals surface area contributed by atoms with Crippen molar-refractivity contribution >= 4 is 0 Å². The van der Waals surface area contributed by atoms with Gasteiger partial charge in [0.15, 0.2) is 0 Å². The highest BCUT2D eigenvalue weighted by molar-refractivity contribution is 5.22. The van der Waals surface area contributed by atoms with Gasteiger partial charge in [0.25, 0.3) is 0 Å². The molecule has 0 aliphatic carbocycles. The Kier molecular flexibility index (Phi) is 5.95. The number of benzene rings is 1. The van der Waals surface area contributed by atoms with E-state index in [1.165, 1.54) is 6.07 Å². The van der Waals surface area contributed by atoms with Gasteiger partial charge in [0.05, 0.1) is 11.7 Å². The zero-order valence-corrected chi connectivity index (χ0v) is 10.6. The van der Waals surface area contributed by atoms with Gasteiger partial charge in [-0.3, -0.25) is 0 Å². The highest BCUT2D eigenvalue weighted by Gasteiger charge is 2.18. The molecule has 2 nitrogen and oxygen atoms in total. The molecule has 0 aromatic heterocycles. The van der Waals surface area contributed by atoms with Crippen molar-refractivity contribution in [3.05, 3.63) is 48.1 Å². The first-order chi connectivity index (χ1) is 8.56. The van der Waals surface area contributed by atoms with Crippen molar-refractivity contribution in [2.75, 3.05) is 20.1 Å². The van der Waals surface area contributed by atoms with E-state index in [2.05, 4.69) is 6.58 Å². The predicted octanol–water partition coefficient (Wildman–Crippen LogP) is 2.90. The summed E-state index contributed by atoms with van der Waals surface area (Å²) in [6, 6.07) is 3.59. The molecule has 0 radical (unpaired) electrons. The Labute approximate surface area is 107 Å². The minimum Gasteiger partial charge on any atom is -0.387 e. The monoisotopic (exact) mass is 255 g/mol. The summed E-state index contributed by atoms with van der Waals surface area (Å²) >= 11 is 0. The predicted molar refractivity (Wildman–Crippen MR) is 68.2 cm³/mol. The molecule has 18 heavy (non-hydrogen) atoms. The Bertz CT molecular complexity index is 375. The second-order valence-corrected chi connectivity index (χ2v) is 4.34. The average Bonchev–Trinajstić information content (AvgIpc) is 2.29. The van der Waals surface area contributed by atoms with E-state index in [1.54, 1.807) is 0 Å². The maximum atomic E-state index is 13.4. The molecule has 1 rings (SSSR count). The van der Waals surface area contributed by atoms with Crippen LogP contribution >= 0.6 is 0 Å². The number of nitrogens with zero attached hydrogens (tertiary/aromatic N) is 1. The third-order valence-electron chi connectivity index (χ3n) is 2.77. The third kappa shape index (κ3) is 4.20. The topological polar surface area (TPSA) is 23.5 Å². The van der Waals surface area contributed by atoms with Gasteiger partial charge in [-0.2, -0.15) is 0 Å². The molecule has 100 valence electrons. The normalized spacial score (nSPS) is 12.7. The number of aliphatic hydroxyl groups is 1. The second-order valence-electron chi connectivity index (χ2n) is 4.34. The highest BCUT2D eigenvalue weighted by Crippen LogP contribution is 2.21. The van der Waals surface area contributed by atoms with E-state index >= 15 is 0 Å². The van der Waals surface area contributed by atoms with Crippen LogP contribution in [0.5, 0.6) is 0 Å². The minimum atomic E-state index is -1.15. The van der Waals surface area contributed by atoms with Crippen LogP contribution in [0.2, 0.25) is 0 Å². The fraction of sp³-hybridized carbons (Fsp3) is 0.429. The molecule has 0 saturated carbocycles. The number of allylic oxidation sites excluding steroid dienone is 1. The van der Waals surface area contributed by atoms with Gasteiger partial charge in [0, 0.05) is 6.54 Å². The molecule has 1 aromatic carbocycles. The van der Waals surface area contributed by atoms with Gasteiger partial charge in [-0.25, -0.2) is 8.78 Å². The van der Waals surface area contributed by atoms with Crippen molar-refractivity contribution in [1.29, 1.82) is 0 Å². The first-order valence-electron chi connectivity index (χ1n) is 5.97. The van der Waals surface area contributed by atoms with E-state index < -0.39 is 17.7 Å². The number of halogens is 2. The summed E-state index contributed by atoms with van der Waals surface area (Å²) in [5, 5.41) is 9.87. The van der Waals surface area contributed by atoms with Gasteiger partial charge >= 0.3 is 0 Å². The molecule has 1 aromatic rings. The zero-order valence-electron chi connectivity index (χ0n) is 10.6. The van der Waals surface area contributed by atoms with Crippen LogP contribution in [-0.2, 0) is 0 Å². The van der Waals surface area contributed by atoms with E-state index in [-0.39, 0.29) is 12.1 Å². The highest BCUT2D eigenvalue weighted by atomic mass is 19.1. The molecule has 0 bridgehead atoms. The molecule has 0 fully saturated rings. The van der Waals surface area contributed by atoms with Gasteiger partial charge in [-0.15, -0.1) is 6.58 Å².